The normalized spacial score (nSPS) is 13.1. The molecule has 0 aromatic heterocycles. The molecule has 4 heteroatoms. The Labute approximate surface area is 164 Å². The molecule has 0 heterocycles. The molecule has 26 heavy (non-hydrogen) atoms. The van der Waals surface area contributed by atoms with Crippen LogP contribution >= 0.6 is 0 Å². The van der Waals surface area contributed by atoms with Crippen molar-refractivity contribution >= 4 is 0 Å². The minimum Gasteiger partial charge on any atom is -0.194 e. The monoisotopic (exact) mass is 368 g/mol. The Balaban J connectivity index is 0. The molecule has 0 spiro atoms. The summed E-state index contributed by atoms with van der Waals surface area (Å²) in [4.78, 5) is 0. The molecule has 0 saturated carbocycles. The molecule has 0 fully saturated rings. The lowest BCUT2D eigenvalue weighted by Crippen LogP contribution is -2.20. The molecular formula is C22H48N4. The van der Waals surface area contributed by atoms with Crippen LogP contribution in [0.1, 0.15) is 108 Å². The molecule has 0 aliphatic carbocycles. The zero-order chi connectivity index (χ0) is 20.6. The van der Waals surface area contributed by atoms with Gasteiger partial charge in [-0.15, -0.1) is 0 Å². The average molecular weight is 369 g/mol. The van der Waals surface area contributed by atoms with Crippen LogP contribution in [0.4, 0.5) is 0 Å². The first kappa shape index (κ1) is 27.4. The highest BCUT2D eigenvalue weighted by Gasteiger charge is 2.19. The predicted molar refractivity (Wildman–Crippen MR) is 116 cm³/mol. The molecule has 0 bridgehead atoms. The van der Waals surface area contributed by atoms with Gasteiger partial charge >= 0.3 is 0 Å². The largest absolute Gasteiger partial charge is 0.194 e. The molecule has 0 N–H and O–H groups in total. The number of rotatable bonds is 12. The van der Waals surface area contributed by atoms with E-state index in [4.69, 9.17) is 0 Å². The summed E-state index contributed by atoms with van der Waals surface area (Å²) >= 11 is 0. The Hall–Kier alpha value is -0.800. The standard InChI is InChI=1S/C12H26N2.C10H22N2/c1-7-9-11(3,4)13-14-12(5,6)10-8-2;1-9(2)5-7-11-12-8-6-10(3)4/h7-10H2,1-6H3;9-10H,5-8H2,1-4H3. The summed E-state index contributed by atoms with van der Waals surface area (Å²) < 4.78 is 0. The van der Waals surface area contributed by atoms with Crippen LogP contribution in [0.5, 0.6) is 0 Å². The lowest BCUT2D eigenvalue weighted by Gasteiger charge is -2.22. The molecule has 0 saturated heterocycles. The molecule has 0 amide bonds. The number of hydrogen-bond acceptors (Lipinski definition) is 4. The SMILES string of the molecule is CC(C)CCN=NCCC(C)C.CCCC(C)(C)N=NC(C)(C)CCC. The van der Waals surface area contributed by atoms with Crippen LogP contribution in [-0.4, -0.2) is 24.2 Å². The molecule has 156 valence electrons. The highest BCUT2D eigenvalue weighted by Crippen LogP contribution is 2.22. The highest BCUT2D eigenvalue weighted by atomic mass is 15.2. The maximum Gasteiger partial charge on any atom is 0.0760 e. The minimum atomic E-state index is 0.0137. The third-order valence-electron chi connectivity index (χ3n) is 4.03. The van der Waals surface area contributed by atoms with Gasteiger partial charge < -0.3 is 0 Å². The van der Waals surface area contributed by atoms with E-state index in [0.717, 1.165) is 50.6 Å². The highest BCUT2D eigenvalue weighted by molar-refractivity contribution is 4.79. The molecule has 0 aromatic rings. The third-order valence-corrected chi connectivity index (χ3v) is 4.03. The number of nitrogens with zero attached hydrogens (tertiary/aromatic N) is 4. The zero-order valence-corrected chi connectivity index (χ0v) is 19.6. The van der Waals surface area contributed by atoms with Gasteiger partial charge in [-0.2, -0.15) is 20.5 Å². The molecular weight excluding hydrogens is 320 g/mol. The summed E-state index contributed by atoms with van der Waals surface area (Å²) in [5.41, 5.74) is 0.0273. The first-order valence-electron chi connectivity index (χ1n) is 10.7. The van der Waals surface area contributed by atoms with E-state index in [2.05, 4.69) is 89.7 Å². The molecule has 0 aromatic carbocycles. The Kier molecular flexibility index (Phi) is 16.1. The molecule has 0 aliphatic heterocycles. The Morgan fingerprint density at radius 1 is 0.615 bits per heavy atom. The van der Waals surface area contributed by atoms with Crippen molar-refractivity contribution in [3.05, 3.63) is 0 Å². The topological polar surface area (TPSA) is 49.4 Å². The summed E-state index contributed by atoms with van der Waals surface area (Å²) in [6.45, 7) is 23.6. The fourth-order valence-electron chi connectivity index (χ4n) is 2.37. The van der Waals surface area contributed by atoms with E-state index < -0.39 is 0 Å². The predicted octanol–water partition coefficient (Wildman–Crippen LogP) is 8.13. The first-order chi connectivity index (χ1) is 12.0. The van der Waals surface area contributed by atoms with Gasteiger partial charge in [0.2, 0.25) is 0 Å². The molecule has 0 unspecified atom stereocenters. The van der Waals surface area contributed by atoms with Gasteiger partial charge in [-0.3, -0.25) is 0 Å². The lowest BCUT2D eigenvalue weighted by molar-refractivity contribution is 0.383. The van der Waals surface area contributed by atoms with Gasteiger partial charge in [-0.25, -0.2) is 0 Å². The maximum atomic E-state index is 4.46. The minimum absolute atomic E-state index is 0.0137. The molecule has 0 rings (SSSR count). The van der Waals surface area contributed by atoms with Crippen LogP contribution in [0.3, 0.4) is 0 Å². The Bertz CT molecular complexity index is 334. The fourth-order valence-corrected chi connectivity index (χ4v) is 2.37. The lowest BCUT2D eigenvalue weighted by atomic mass is 9.99. The van der Waals surface area contributed by atoms with Crippen LogP contribution in [0.2, 0.25) is 0 Å². The van der Waals surface area contributed by atoms with Crippen molar-refractivity contribution in [2.45, 2.75) is 119 Å². The van der Waals surface area contributed by atoms with E-state index in [1.54, 1.807) is 0 Å². The third kappa shape index (κ3) is 21.2. The van der Waals surface area contributed by atoms with Gasteiger partial charge in [-0.1, -0.05) is 54.4 Å². The van der Waals surface area contributed by atoms with E-state index in [0.29, 0.717) is 0 Å². The van der Waals surface area contributed by atoms with E-state index in [1.807, 2.05) is 0 Å². The van der Waals surface area contributed by atoms with Crippen molar-refractivity contribution < 1.29 is 0 Å². The summed E-state index contributed by atoms with van der Waals surface area (Å²) in [5.74, 6) is 1.49. The quantitative estimate of drug-likeness (QED) is 0.312. The van der Waals surface area contributed by atoms with Crippen molar-refractivity contribution in [2.75, 3.05) is 13.1 Å². The van der Waals surface area contributed by atoms with Crippen LogP contribution in [0.15, 0.2) is 20.5 Å². The van der Waals surface area contributed by atoms with Crippen molar-refractivity contribution in [2.24, 2.45) is 32.3 Å². The summed E-state index contributed by atoms with van der Waals surface area (Å²) in [7, 11) is 0. The van der Waals surface area contributed by atoms with Crippen LogP contribution < -0.4 is 0 Å². The van der Waals surface area contributed by atoms with Gasteiger partial charge in [-0.05, 0) is 65.2 Å². The second-order valence-corrected chi connectivity index (χ2v) is 9.42. The smallest absolute Gasteiger partial charge is 0.0760 e. The van der Waals surface area contributed by atoms with Crippen LogP contribution in [-0.2, 0) is 0 Å². The molecule has 0 atom stereocenters. The second-order valence-electron chi connectivity index (χ2n) is 9.42. The van der Waals surface area contributed by atoms with E-state index >= 15 is 0 Å². The van der Waals surface area contributed by atoms with Gasteiger partial charge in [0.15, 0.2) is 0 Å². The van der Waals surface area contributed by atoms with Crippen molar-refractivity contribution in [1.29, 1.82) is 0 Å². The van der Waals surface area contributed by atoms with Crippen LogP contribution in [0.25, 0.3) is 0 Å². The fraction of sp³-hybridized carbons (Fsp3) is 1.00. The summed E-state index contributed by atoms with van der Waals surface area (Å²) in [6.07, 6.45) is 6.87. The molecule has 0 aliphatic rings. The van der Waals surface area contributed by atoms with Crippen molar-refractivity contribution in [3.63, 3.8) is 0 Å². The van der Waals surface area contributed by atoms with Crippen molar-refractivity contribution in [1.82, 2.24) is 0 Å². The van der Waals surface area contributed by atoms with Gasteiger partial charge in [0.05, 0.1) is 24.2 Å². The Morgan fingerprint density at radius 2 is 0.923 bits per heavy atom. The Morgan fingerprint density at radius 3 is 1.15 bits per heavy atom. The first-order valence-corrected chi connectivity index (χ1v) is 10.7. The van der Waals surface area contributed by atoms with Crippen molar-refractivity contribution in [3.8, 4) is 0 Å². The van der Waals surface area contributed by atoms with Gasteiger partial charge in [0.1, 0.15) is 0 Å². The van der Waals surface area contributed by atoms with Gasteiger partial charge in [0, 0.05) is 0 Å². The summed E-state index contributed by atoms with van der Waals surface area (Å²) in [5, 5.41) is 17.1. The van der Waals surface area contributed by atoms with E-state index in [9.17, 15) is 0 Å². The van der Waals surface area contributed by atoms with Crippen LogP contribution in [0, 0.1) is 11.8 Å². The molecule has 4 nitrogen and oxygen atoms in total. The number of azo groups is 2. The second kappa shape index (κ2) is 15.3. The molecule has 0 radical (unpaired) electrons. The van der Waals surface area contributed by atoms with E-state index in [-0.39, 0.29) is 11.1 Å². The zero-order valence-electron chi connectivity index (χ0n) is 19.6. The van der Waals surface area contributed by atoms with E-state index in [1.165, 1.54) is 12.8 Å². The maximum absolute atomic E-state index is 4.46. The average Bonchev–Trinajstić information content (AvgIpc) is 2.49. The number of hydrogen-bond donors (Lipinski definition) is 0. The summed E-state index contributed by atoms with van der Waals surface area (Å²) in [6, 6.07) is 0. The van der Waals surface area contributed by atoms with Gasteiger partial charge in [0.25, 0.3) is 0 Å².